The van der Waals surface area contributed by atoms with E-state index in [2.05, 4.69) is 10.6 Å². The minimum Gasteiger partial charge on any atom is -0.352 e. The van der Waals surface area contributed by atoms with Gasteiger partial charge in [-0.3, -0.25) is 9.59 Å². The standard InChI is InChI=1S/C18H19FN2O2S/c1-12(2)21-18(23)11-20-17(22)10-8-15-7-9-16(24-15)13-3-5-14(19)6-4-13/h3-10,12H,11H2,1-2H3,(H,20,22)(H,21,23). The van der Waals surface area contributed by atoms with Crippen molar-refractivity contribution in [3.63, 3.8) is 0 Å². The van der Waals surface area contributed by atoms with Gasteiger partial charge in [-0.05, 0) is 49.8 Å². The van der Waals surface area contributed by atoms with Crippen LogP contribution in [0.5, 0.6) is 0 Å². The normalized spacial score (nSPS) is 11.0. The maximum absolute atomic E-state index is 12.9. The Labute approximate surface area is 144 Å². The lowest BCUT2D eigenvalue weighted by Crippen LogP contribution is -2.39. The first-order valence-electron chi connectivity index (χ1n) is 7.55. The summed E-state index contributed by atoms with van der Waals surface area (Å²) in [6, 6.07) is 10.1. The molecule has 0 aliphatic rings. The molecular weight excluding hydrogens is 327 g/mol. The molecule has 2 rings (SSSR count). The highest BCUT2D eigenvalue weighted by Crippen LogP contribution is 2.28. The minimum absolute atomic E-state index is 0.0425. The van der Waals surface area contributed by atoms with Gasteiger partial charge in [0.2, 0.25) is 11.8 Å². The smallest absolute Gasteiger partial charge is 0.244 e. The van der Waals surface area contributed by atoms with Crippen molar-refractivity contribution >= 4 is 29.2 Å². The van der Waals surface area contributed by atoms with Crippen LogP contribution in [0.2, 0.25) is 0 Å². The molecule has 0 spiro atoms. The van der Waals surface area contributed by atoms with Crippen LogP contribution in [0, 0.1) is 5.82 Å². The number of carbonyl (C=O) groups excluding carboxylic acids is 2. The monoisotopic (exact) mass is 346 g/mol. The maximum Gasteiger partial charge on any atom is 0.244 e. The third-order valence-electron chi connectivity index (χ3n) is 3.03. The molecule has 0 bridgehead atoms. The van der Waals surface area contributed by atoms with Crippen LogP contribution in [0.4, 0.5) is 4.39 Å². The lowest BCUT2D eigenvalue weighted by molar-refractivity contribution is -0.124. The van der Waals surface area contributed by atoms with Crippen LogP contribution >= 0.6 is 11.3 Å². The van der Waals surface area contributed by atoms with Crippen molar-refractivity contribution in [3.8, 4) is 10.4 Å². The zero-order valence-corrected chi connectivity index (χ0v) is 14.3. The zero-order valence-electron chi connectivity index (χ0n) is 13.5. The fourth-order valence-electron chi connectivity index (χ4n) is 1.97. The molecule has 0 saturated carbocycles. The van der Waals surface area contributed by atoms with Crippen LogP contribution in [0.25, 0.3) is 16.5 Å². The molecule has 0 unspecified atom stereocenters. The molecule has 2 aromatic rings. The highest BCUT2D eigenvalue weighted by molar-refractivity contribution is 7.16. The van der Waals surface area contributed by atoms with Crippen LogP contribution in [-0.4, -0.2) is 24.4 Å². The van der Waals surface area contributed by atoms with Gasteiger partial charge in [0.1, 0.15) is 5.82 Å². The highest BCUT2D eigenvalue weighted by Gasteiger charge is 2.05. The Morgan fingerprint density at radius 2 is 1.88 bits per heavy atom. The molecule has 0 aliphatic heterocycles. The number of amides is 2. The Morgan fingerprint density at radius 1 is 1.17 bits per heavy atom. The van der Waals surface area contributed by atoms with E-state index in [1.165, 1.54) is 29.5 Å². The van der Waals surface area contributed by atoms with Crippen LogP contribution in [0.1, 0.15) is 18.7 Å². The molecule has 1 heterocycles. The second kappa shape index (κ2) is 8.40. The lowest BCUT2D eigenvalue weighted by Gasteiger charge is -2.07. The van der Waals surface area contributed by atoms with E-state index in [9.17, 15) is 14.0 Å². The summed E-state index contributed by atoms with van der Waals surface area (Å²) in [6.45, 7) is 3.66. The predicted octanol–water partition coefficient (Wildman–Crippen LogP) is 3.21. The Kier molecular flexibility index (Phi) is 6.26. The van der Waals surface area contributed by atoms with Crippen molar-refractivity contribution in [2.75, 3.05) is 6.54 Å². The van der Waals surface area contributed by atoms with E-state index in [0.717, 1.165) is 15.3 Å². The number of nitrogens with one attached hydrogen (secondary N) is 2. The summed E-state index contributed by atoms with van der Waals surface area (Å²) in [5.41, 5.74) is 0.927. The average molecular weight is 346 g/mol. The van der Waals surface area contributed by atoms with Gasteiger partial charge in [-0.25, -0.2) is 4.39 Å². The summed E-state index contributed by atoms with van der Waals surface area (Å²) < 4.78 is 12.9. The van der Waals surface area contributed by atoms with Gasteiger partial charge in [0, 0.05) is 21.9 Å². The summed E-state index contributed by atoms with van der Waals surface area (Å²) in [5.74, 6) is -0.819. The molecule has 24 heavy (non-hydrogen) atoms. The first kappa shape index (κ1) is 17.9. The minimum atomic E-state index is -0.328. The molecule has 0 atom stereocenters. The van der Waals surface area contributed by atoms with Gasteiger partial charge in [-0.2, -0.15) is 0 Å². The fourth-order valence-corrected chi connectivity index (χ4v) is 2.88. The van der Waals surface area contributed by atoms with E-state index in [4.69, 9.17) is 0 Å². The number of benzene rings is 1. The van der Waals surface area contributed by atoms with E-state index in [1.54, 1.807) is 18.2 Å². The summed E-state index contributed by atoms with van der Waals surface area (Å²) in [6.07, 6.45) is 3.08. The topological polar surface area (TPSA) is 58.2 Å². The van der Waals surface area contributed by atoms with E-state index < -0.39 is 0 Å². The average Bonchev–Trinajstić information content (AvgIpc) is 3.00. The molecule has 0 radical (unpaired) electrons. The molecule has 0 aliphatic carbocycles. The number of hydrogen-bond donors (Lipinski definition) is 2. The number of halogens is 1. The molecule has 0 saturated heterocycles. The van der Waals surface area contributed by atoms with Gasteiger partial charge in [-0.15, -0.1) is 11.3 Å². The van der Waals surface area contributed by atoms with Crippen LogP contribution < -0.4 is 10.6 Å². The van der Waals surface area contributed by atoms with Crippen molar-refractivity contribution in [1.82, 2.24) is 10.6 Å². The SMILES string of the molecule is CC(C)NC(=O)CNC(=O)C=Cc1ccc(-c2ccc(F)cc2)s1. The first-order valence-corrected chi connectivity index (χ1v) is 8.37. The Hall–Kier alpha value is -2.47. The largest absolute Gasteiger partial charge is 0.352 e. The third kappa shape index (κ3) is 5.62. The second-order valence-corrected chi connectivity index (χ2v) is 6.60. The Balaban J connectivity index is 1.89. The van der Waals surface area contributed by atoms with Crippen LogP contribution in [0.3, 0.4) is 0 Å². The summed E-state index contributed by atoms with van der Waals surface area (Å²) in [5, 5.41) is 5.22. The van der Waals surface area contributed by atoms with Crippen molar-refractivity contribution in [2.45, 2.75) is 19.9 Å². The molecular formula is C18H19FN2O2S. The van der Waals surface area contributed by atoms with E-state index >= 15 is 0 Å². The summed E-state index contributed by atoms with van der Waals surface area (Å²) in [4.78, 5) is 25.0. The van der Waals surface area contributed by atoms with Crippen LogP contribution in [0.15, 0.2) is 42.5 Å². The lowest BCUT2D eigenvalue weighted by atomic mass is 10.2. The number of rotatable bonds is 6. The van der Waals surface area contributed by atoms with E-state index in [1.807, 2.05) is 26.0 Å². The molecule has 1 aromatic heterocycles. The molecule has 0 fully saturated rings. The first-order chi connectivity index (χ1) is 11.4. The van der Waals surface area contributed by atoms with E-state index in [0.29, 0.717) is 0 Å². The van der Waals surface area contributed by atoms with Crippen molar-refractivity contribution in [2.24, 2.45) is 0 Å². The van der Waals surface area contributed by atoms with E-state index in [-0.39, 0.29) is 30.2 Å². The molecule has 126 valence electrons. The van der Waals surface area contributed by atoms with Crippen LogP contribution in [-0.2, 0) is 9.59 Å². The fraction of sp³-hybridized carbons (Fsp3) is 0.222. The Bertz CT molecular complexity index is 736. The summed E-state index contributed by atoms with van der Waals surface area (Å²) >= 11 is 1.50. The summed E-state index contributed by atoms with van der Waals surface area (Å²) in [7, 11) is 0. The van der Waals surface area contributed by atoms with Gasteiger partial charge >= 0.3 is 0 Å². The third-order valence-corrected chi connectivity index (χ3v) is 4.13. The molecule has 6 heteroatoms. The quantitative estimate of drug-likeness (QED) is 0.789. The maximum atomic E-state index is 12.9. The number of hydrogen-bond acceptors (Lipinski definition) is 3. The molecule has 4 nitrogen and oxygen atoms in total. The number of carbonyl (C=O) groups is 2. The second-order valence-electron chi connectivity index (χ2n) is 5.48. The van der Waals surface area contributed by atoms with Gasteiger partial charge in [0.15, 0.2) is 0 Å². The predicted molar refractivity (Wildman–Crippen MR) is 95.0 cm³/mol. The van der Waals surface area contributed by atoms with Gasteiger partial charge in [0.05, 0.1) is 6.54 Å². The zero-order chi connectivity index (χ0) is 17.5. The van der Waals surface area contributed by atoms with Gasteiger partial charge in [0.25, 0.3) is 0 Å². The van der Waals surface area contributed by atoms with Crippen molar-refractivity contribution in [1.29, 1.82) is 0 Å². The van der Waals surface area contributed by atoms with Crippen molar-refractivity contribution < 1.29 is 14.0 Å². The number of thiophene rings is 1. The van der Waals surface area contributed by atoms with Crippen molar-refractivity contribution in [3.05, 3.63) is 53.2 Å². The van der Waals surface area contributed by atoms with Gasteiger partial charge in [-0.1, -0.05) is 12.1 Å². The Morgan fingerprint density at radius 3 is 2.54 bits per heavy atom. The molecule has 2 amide bonds. The molecule has 1 aromatic carbocycles. The molecule has 2 N–H and O–H groups in total. The highest BCUT2D eigenvalue weighted by atomic mass is 32.1. The van der Waals surface area contributed by atoms with Gasteiger partial charge < -0.3 is 10.6 Å².